The van der Waals surface area contributed by atoms with Gasteiger partial charge in [-0.2, -0.15) is 18.2 Å². The molecule has 2 aromatic rings. The van der Waals surface area contributed by atoms with Crippen molar-refractivity contribution in [1.29, 1.82) is 0 Å². The van der Waals surface area contributed by atoms with Gasteiger partial charge in [0.05, 0.1) is 12.2 Å². The third-order valence-electron chi connectivity index (χ3n) is 2.90. The lowest BCUT2D eigenvalue weighted by Gasteiger charge is -2.19. The van der Waals surface area contributed by atoms with Crippen LogP contribution in [-0.2, 0) is 0 Å². The van der Waals surface area contributed by atoms with Gasteiger partial charge in [-0.15, -0.1) is 0 Å². The van der Waals surface area contributed by atoms with Crippen LogP contribution in [0.4, 0.5) is 19.0 Å². The summed E-state index contributed by atoms with van der Waals surface area (Å²) >= 11 is 17.7. The minimum absolute atomic E-state index is 0.0257. The highest BCUT2D eigenvalue weighted by Gasteiger charge is 2.29. The number of alkyl halides is 3. The number of benzene rings is 1. The van der Waals surface area contributed by atoms with Crippen molar-refractivity contribution < 1.29 is 17.9 Å². The first kappa shape index (κ1) is 18.9. The van der Waals surface area contributed by atoms with E-state index < -0.39 is 18.8 Å². The van der Waals surface area contributed by atoms with Crippen molar-refractivity contribution in [3.63, 3.8) is 0 Å². The zero-order chi connectivity index (χ0) is 17.9. The molecule has 0 aliphatic heterocycles. The molecule has 130 valence electrons. The van der Waals surface area contributed by atoms with E-state index in [2.05, 4.69) is 15.3 Å². The van der Waals surface area contributed by atoms with Crippen LogP contribution >= 0.6 is 34.8 Å². The second kappa shape index (κ2) is 7.63. The van der Waals surface area contributed by atoms with Crippen molar-refractivity contribution in [1.82, 2.24) is 9.97 Å². The van der Waals surface area contributed by atoms with E-state index in [1.54, 1.807) is 25.1 Å². The maximum Gasteiger partial charge on any atom is 0.422 e. The molecule has 10 heteroatoms. The average Bonchev–Trinajstić information content (AvgIpc) is 2.45. The van der Waals surface area contributed by atoms with E-state index in [-0.39, 0.29) is 16.9 Å². The first-order valence-corrected chi connectivity index (χ1v) is 7.72. The molecule has 1 aromatic heterocycles. The molecule has 0 radical (unpaired) electrons. The lowest BCUT2D eigenvalue weighted by molar-refractivity contribution is -0.153. The summed E-state index contributed by atoms with van der Waals surface area (Å²) in [5.74, 6) is -0.147. The maximum atomic E-state index is 12.3. The van der Waals surface area contributed by atoms with Crippen LogP contribution in [0.1, 0.15) is 18.5 Å². The van der Waals surface area contributed by atoms with Crippen molar-refractivity contribution in [2.75, 3.05) is 11.9 Å². The fourth-order valence-electron chi connectivity index (χ4n) is 1.85. The number of halogens is 6. The van der Waals surface area contributed by atoms with Crippen molar-refractivity contribution in [2.24, 2.45) is 0 Å². The molecular weight excluding hydrogens is 390 g/mol. The minimum Gasteiger partial charge on any atom is -0.479 e. The minimum atomic E-state index is -4.48. The molecule has 0 spiro atoms. The van der Waals surface area contributed by atoms with Gasteiger partial charge in [0.15, 0.2) is 18.2 Å². The normalized spacial score (nSPS) is 12.8. The van der Waals surface area contributed by atoms with E-state index in [1.165, 1.54) is 0 Å². The number of ether oxygens (including phenoxy) is 1. The lowest BCUT2D eigenvalue weighted by atomic mass is 10.1. The van der Waals surface area contributed by atoms with Gasteiger partial charge < -0.3 is 10.1 Å². The van der Waals surface area contributed by atoms with Crippen LogP contribution in [0.15, 0.2) is 24.4 Å². The van der Waals surface area contributed by atoms with E-state index in [9.17, 15) is 13.2 Å². The quantitative estimate of drug-likeness (QED) is 0.668. The van der Waals surface area contributed by atoms with Gasteiger partial charge in [-0.3, -0.25) is 0 Å². The molecule has 0 saturated carbocycles. The van der Waals surface area contributed by atoms with E-state index in [0.717, 1.165) is 6.20 Å². The first-order chi connectivity index (χ1) is 11.2. The molecule has 0 aliphatic rings. The molecule has 0 aliphatic carbocycles. The van der Waals surface area contributed by atoms with Crippen molar-refractivity contribution in [3.8, 4) is 5.75 Å². The summed E-state index contributed by atoms with van der Waals surface area (Å²) in [6, 6.07) is 4.51. The number of hydrogen-bond acceptors (Lipinski definition) is 4. The van der Waals surface area contributed by atoms with Gasteiger partial charge in [0, 0.05) is 10.0 Å². The summed E-state index contributed by atoms with van der Waals surface area (Å²) < 4.78 is 41.7. The second-order valence-electron chi connectivity index (χ2n) is 4.79. The Morgan fingerprint density at radius 3 is 2.58 bits per heavy atom. The van der Waals surface area contributed by atoms with Gasteiger partial charge in [-0.25, -0.2) is 4.98 Å². The highest BCUT2D eigenvalue weighted by Crippen LogP contribution is 2.31. The molecule has 0 fully saturated rings. The number of nitrogens with one attached hydrogen (secondary N) is 1. The molecule has 24 heavy (non-hydrogen) atoms. The molecule has 0 bridgehead atoms. The summed E-state index contributed by atoms with van der Waals surface area (Å²) in [5.41, 5.74) is 0.678. The standard InChI is InChI=1S/C14H11Cl3F3N3O/c1-7(9-3-2-8(15)4-10(9)16)22-12-11(5-21-13(17)23-12)24-6-14(18,19)20/h2-5,7H,6H2,1H3,(H,21,22,23)/t7-/m1/s1. The molecule has 1 N–H and O–H groups in total. The fraction of sp³-hybridized carbons (Fsp3) is 0.286. The topological polar surface area (TPSA) is 47.0 Å². The van der Waals surface area contributed by atoms with Crippen LogP contribution in [0.3, 0.4) is 0 Å². The van der Waals surface area contributed by atoms with Crippen molar-refractivity contribution in [3.05, 3.63) is 45.3 Å². The number of anilines is 1. The van der Waals surface area contributed by atoms with Gasteiger partial charge in [0.2, 0.25) is 5.28 Å². The Kier molecular flexibility index (Phi) is 6.01. The molecule has 1 atom stereocenters. The van der Waals surface area contributed by atoms with Crippen LogP contribution in [0, 0.1) is 0 Å². The Hall–Kier alpha value is -1.44. The zero-order valence-corrected chi connectivity index (χ0v) is 14.4. The smallest absolute Gasteiger partial charge is 0.422 e. The molecule has 0 unspecified atom stereocenters. The van der Waals surface area contributed by atoms with Crippen LogP contribution in [0.25, 0.3) is 0 Å². The molecule has 1 aromatic carbocycles. The molecule has 0 amide bonds. The Bertz CT molecular complexity index is 728. The predicted octanol–water partition coefficient (Wildman–Crippen LogP) is 5.55. The number of rotatable bonds is 5. The van der Waals surface area contributed by atoms with Crippen molar-refractivity contribution in [2.45, 2.75) is 19.1 Å². The second-order valence-corrected chi connectivity index (χ2v) is 5.97. The number of nitrogens with zero attached hydrogens (tertiary/aromatic N) is 2. The fourth-order valence-corrected chi connectivity index (χ4v) is 2.56. The number of aromatic nitrogens is 2. The summed E-state index contributed by atoms with van der Waals surface area (Å²) in [6.45, 7) is 0.279. The van der Waals surface area contributed by atoms with E-state index in [0.29, 0.717) is 15.6 Å². The largest absolute Gasteiger partial charge is 0.479 e. The lowest BCUT2D eigenvalue weighted by Crippen LogP contribution is -2.20. The predicted molar refractivity (Wildman–Crippen MR) is 87.1 cm³/mol. The van der Waals surface area contributed by atoms with Gasteiger partial charge in [-0.05, 0) is 36.2 Å². The highest BCUT2D eigenvalue weighted by atomic mass is 35.5. The maximum absolute atomic E-state index is 12.3. The van der Waals surface area contributed by atoms with E-state index in [4.69, 9.17) is 39.5 Å². The third-order valence-corrected chi connectivity index (χ3v) is 3.64. The summed E-state index contributed by atoms with van der Waals surface area (Å²) in [6.07, 6.45) is -3.42. The Balaban J connectivity index is 2.22. The molecule has 2 rings (SSSR count). The van der Waals surface area contributed by atoms with Crippen LogP contribution < -0.4 is 10.1 Å². The van der Waals surface area contributed by atoms with E-state index >= 15 is 0 Å². The monoisotopic (exact) mass is 399 g/mol. The molecule has 0 saturated heterocycles. The van der Waals surface area contributed by atoms with Gasteiger partial charge >= 0.3 is 6.18 Å². The van der Waals surface area contributed by atoms with Crippen LogP contribution in [0.5, 0.6) is 5.75 Å². The Morgan fingerprint density at radius 1 is 1.25 bits per heavy atom. The highest BCUT2D eigenvalue weighted by molar-refractivity contribution is 6.35. The average molecular weight is 401 g/mol. The zero-order valence-electron chi connectivity index (χ0n) is 12.2. The summed E-state index contributed by atoms with van der Waals surface area (Å²) in [5, 5.41) is 3.65. The number of hydrogen-bond donors (Lipinski definition) is 1. The SMILES string of the molecule is C[C@@H](Nc1nc(Cl)ncc1OCC(F)(F)F)c1ccc(Cl)cc1Cl. The Labute approximate surface area is 150 Å². The molecule has 1 heterocycles. The van der Waals surface area contributed by atoms with E-state index in [1.807, 2.05) is 0 Å². The Morgan fingerprint density at radius 2 is 1.96 bits per heavy atom. The summed E-state index contributed by atoms with van der Waals surface area (Å²) in [4.78, 5) is 7.50. The molecular formula is C14H11Cl3F3N3O. The van der Waals surface area contributed by atoms with Crippen LogP contribution in [0.2, 0.25) is 15.3 Å². The van der Waals surface area contributed by atoms with Gasteiger partial charge in [0.1, 0.15) is 0 Å². The molecule has 4 nitrogen and oxygen atoms in total. The third kappa shape index (κ3) is 5.29. The van der Waals surface area contributed by atoms with Gasteiger partial charge in [0.25, 0.3) is 0 Å². The summed E-state index contributed by atoms with van der Waals surface area (Å²) in [7, 11) is 0. The van der Waals surface area contributed by atoms with Crippen molar-refractivity contribution >= 4 is 40.6 Å². The first-order valence-electron chi connectivity index (χ1n) is 6.59. The van der Waals surface area contributed by atoms with Gasteiger partial charge in [-0.1, -0.05) is 29.3 Å². The van der Waals surface area contributed by atoms with Crippen LogP contribution in [-0.4, -0.2) is 22.8 Å².